The van der Waals surface area contributed by atoms with Crippen LogP contribution in [-0.2, 0) is 4.79 Å². The van der Waals surface area contributed by atoms with E-state index >= 15 is 0 Å². The molecule has 0 spiro atoms. The highest BCUT2D eigenvalue weighted by Gasteiger charge is 2.14. The van der Waals surface area contributed by atoms with Gasteiger partial charge in [-0.25, -0.2) is 0 Å². The molecule has 1 fully saturated rings. The SMILES string of the molecule is CC(CO)CCCNCC(=O)NC1CCCCCC1. The van der Waals surface area contributed by atoms with E-state index in [9.17, 15) is 4.79 Å². The number of rotatable bonds is 8. The average molecular weight is 270 g/mol. The monoisotopic (exact) mass is 270 g/mol. The van der Waals surface area contributed by atoms with Crippen molar-refractivity contribution in [1.29, 1.82) is 0 Å². The van der Waals surface area contributed by atoms with E-state index in [-0.39, 0.29) is 12.5 Å². The van der Waals surface area contributed by atoms with E-state index < -0.39 is 0 Å². The van der Waals surface area contributed by atoms with Crippen molar-refractivity contribution in [3.63, 3.8) is 0 Å². The van der Waals surface area contributed by atoms with Crippen LogP contribution in [0.1, 0.15) is 58.3 Å². The summed E-state index contributed by atoms with van der Waals surface area (Å²) in [4.78, 5) is 11.8. The third-order valence-electron chi connectivity index (χ3n) is 3.87. The van der Waals surface area contributed by atoms with Gasteiger partial charge in [-0.2, -0.15) is 0 Å². The van der Waals surface area contributed by atoms with E-state index in [2.05, 4.69) is 10.6 Å². The number of amides is 1. The van der Waals surface area contributed by atoms with Crippen molar-refractivity contribution >= 4 is 5.91 Å². The van der Waals surface area contributed by atoms with Crippen LogP contribution in [0.3, 0.4) is 0 Å². The van der Waals surface area contributed by atoms with Crippen LogP contribution in [0.5, 0.6) is 0 Å². The molecule has 1 unspecified atom stereocenters. The molecular formula is C15H30N2O2. The van der Waals surface area contributed by atoms with Crippen LogP contribution >= 0.6 is 0 Å². The lowest BCUT2D eigenvalue weighted by Crippen LogP contribution is -2.40. The molecule has 1 aliphatic rings. The second kappa shape index (κ2) is 10.2. The molecule has 3 N–H and O–H groups in total. The van der Waals surface area contributed by atoms with Gasteiger partial charge in [0.05, 0.1) is 6.54 Å². The van der Waals surface area contributed by atoms with E-state index in [0.29, 0.717) is 18.5 Å². The normalized spacial score (nSPS) is 18.8. The second-order valence-electron chi connectivity index (χ2n) is 5.86. The zero-order chi connectivity index (χ0) is 13.9. The summed E-state index contributed by atoms with van der Waals surface area (Å²) in [7, 11) is 0. The van der Waals surface area contributed by atoms with Crippen molar-refractivity contribution in [3.05, 3.63) is 0 Å². The van der Waals surface area contributed by atoms with Crippen LogP contribution in [0.15, 0.2) is 0 Å². The fourth-order valence-electron chi connectivity index (χ4n) is 2.57. The van der Waals surface area contributed by atoms with Gasteiger partial charge in [-0.1, -0.05) is 32.6 Å². The third kappa shape index (κ3) is 8.22. The largest absolute Gasteiger partial charge is 0.396 e. The van der Waals surface area contributed by atoms with E-state index in [0.717, 1.165) is 32.2 Å². The molecule has 0 aromatic carbocycles. The van der Waals surface area contributed by atoms with Crippen molar-refractivity contribution < 1.29 is 9.90 Å². The van der Waals surface area contributed by atoms with Gasteiger partial charge in [0.15, 0.2) is 0 Å². The number of hydrogen-bond donors (Lipinski definition) is 3. The maximum atomic E-state index is 11.8. The molecule has 4 nitrogen and oxygen atoms in total. The Balaban J connectivity index is 2.01. The molecule has 0 aromatic rings. The summed E-state index contributed by atoms with van der Waals surface area (Å²) in [5.74, 6) is 0.490. The maximum Gasteiger partial charge on any atom is 0.234 e. The summed E-state index contributed by atoms with van der Waals surface area (Å²) in [5, 5.41) is 15.2. The van der Waals surface area contributed by atoms with Crippen LogP contribution in [0, 0.1) is 5.92 Å². The van der Waals surface area contributed by atoms with Gasteiger partial charge in [0.25, 0.3) is 0 Å². The lowest BCUT2D eigenvalue weighted by atomic mass is 10.1. The minimum absolute atomic E-state index is 0.127. The van der Waals surface area contributed by atoms with E-state index in [1.807, 2.05) is 6.92 Å². The van der Waals surface area contributed by atoms with Gasteiger partial charge in [0, 0.05) is 12.6 Å². The molecule has 1 saturated carbocycles. The Morgan fingerprint density at radius 2 is 1.95 bits per heavy atom. The Morgan fingerprint density at radius 1 is 1.26 bits per heavy atom. The summed E-state index contributed by atoms with van der Waals surface area (Å²) in [6.45, 7) is 3.56. The first-order valence-electron chi connectivity index (χ1n) is 7.83. The average Bonchev–Trinajstić information content (AvgIpc) is 2.66. The van der Waals surface area contributed by atoms with Gasteiger partial charge < -0.3 is 15.7 Å². The molecule has 1 amide bonds. The maximum absolute atomic E-state index is 11.8. The molecule has 0 bridgehead atoms. The molecular weight excluding hydrogens is 240 g/mol. The Labute approximate surface area is 117 Å². The van der Waals surface area contributed by atoms with Crippen LogP contribution in [-0.4, -0.2) is 36.8 Å². The van der Waals surface area contributed by atoms with E-state index in [4.69, 9.17) is 5.11 Å². The first-order valence-corrected chi connectivity index (χ1v) is 7.83. The Hall–Kier alpha value is -0.610. The van der Waals surface area contributed by atoms with Crippen molar-refractivity contribution in [2.75, 3.05) is 19.7 Å². The molecule has 0 heterocycles. The van der Waals surface area contributed by atoms with Crippen molar-refractivity contribution in [3.8, 4) is 0 Å². The first kappa shape index (κ1) is 16.4. The smallest absolute Gasteiger partial charge is 0.234 e. The molecule has 1 atom stereocenters. The zero-order valence-corrected chi connectivity index (χ0v) is 12.3. The molecule has 0 aliphatic heterocycles. The number of nitrogens with one attached hydrogen (secondary N) is 2. The molecule has 0 saturated heterocycles. The highest BCUT2D eigenvalue weighted by atomic mass is 16.3. The summed E-state index contributed by atoms with van der Waals surface area (Å²) >= 11 is 0. The number of carbonyl (C=O) groups is 1. The third-order valence-corrected chi connectivity index (χ3v) is 3.87. The zero-order valence-electron chi connectivity index (χ0n) is 12.3. The summed E-state index contributed by atoms with van der Waals surface area (Å²) < 4.78 is 0. The standard InChI is InChI=1S/C15H30N2O2/c1-13(12-18)7-6-10-16-11-15(19)17-14-8-4-2-3-5-9-14/h13-14,16,18H,2-12H2,1H3,(H,17,19). The lowest BCUT2D eigenvalue weighted by molar-refractivity contribution is -0.121. The van der Waals surface area contributed by atoms with Crippen molar-refractivity contribution in [2.45, 2.75) is 64.3 Å². The highest BCUT2D eigenvalue weighted by Crippen LogP contribution is 2.16. The van der Waals surface area contributed by atoms with Gasteiger partial charge in [-0.05, 0) is 38.1 Å². The van der Waals surface area contributed by atoms with Gasteiger partial charge in [0.1, 0.15) is 0 Å². The highest BCUT2D eigenvalue weighted by molar-refractivity contribution is 5.78. The number of aliphatic hydroxyl groups excluding tert-OH is 1. The Morgan fingerprint density at radius 3 is 2.58 bits per heavy atom. The second-order valence-corrected chi connectivity index (χ2v) is 5.86. The Bertz CT molecular complexity index is 238. The number of carbonyl (C=O) groups excluding carboxylic acids is 1. The molecule has 1 rings (SSSR count). The van der Waals surface area contributed by atoms with Crippen molar-refractivity contribution in [1.82, 2.24) is 10.6 Å². The summed E-state index contributed by atoms with van der Waals surface area (Å²) in [6.07, 6.45) is 9.42. The fourth-order valence-corrected chi connectivity index (χ4v) is 2.57. The first-order chi connectivity index (χ1) is 9.22. The minimum Gasteiger partial charge on any atom is -0.396 e. The van der Waals surface area contributed by atoms with Gasteiger partial charge in [-0.15, -0.1) is 0 Å². The van der Waals surface area contributed by atoms with Gasteiger partial charge in [0.2, 0.25) is 5.91 Å². The predicted molar refractivity (Wildman–Crippen MR) is 78.0 cm³/mol. The van der Waals surface area contributed by atoms with Gasteiger partial charge >= 0.3 is 0 Å². The minimum atomic E-state index is 0.127. The van der Waals surface area contributed by atoms with Crippen LogP contribution in [0.25, 0.3) is 0 Å². The fraction of sp³-hybridized carbons (Fsp3) is 0.933. The number of aliphatic hydroxyl groups is 1. The molecule has 0 aromatic heterocycles. The molecule has 19 heavy (non-hydrogen) atoms. The van der Waals surface area contributed by atoms with Crippen molar-refractivity contribution in [2.24, 2.45) is 5.92 Å². The Kier molecular flexibility index (Phi) is 8.84. The number of hydrogen-bond acceptors (Lipinski definition) is 3. The quantitative estimate of drug-likeness (QED) is 0.466. The molecule has 112 valence electrons. The van der Waals surface area contributed by atoms with E-state index in [1.54, 1.807) is 0 Å². The molecule has 1 aliphatic carbocycles. The van der Waals surface area contributed by atoms with Gasteiger partial charge in [-0.3, -0.25) is 4.79 Å². The molecule has 4 heteroatoms. The van der Waals surface area contributed by atoms with E-state index in [1.165, 1.54) is 25.7 Å². The summed E-state index contributed by atoms with van der Waals surface area (Å²) in [5.41, 5.74) is 0. The summed E-state index contributed by atoms with van der Waals surface area (Å²) in [6, 6.07) is 0.395. The van der Waals surface area contributed by atoms with Crippen LogP contribution in [0.4, 0.5) is 0 Å². The van der Waals surface area contributed by atoms with Crippen LogP contribution in [0.2, 0.25) is 0 Å². The topological polar surface area (TPSA) is 61.4 Å². The molecule has 0 radical (unpaired) electrons. The lowest BCUT2D eigenvalue weighted by Gasteiger charge is -2.16. The van der Waals surface area contributed by atoms with Crippen LogP contribution < -0.4 is 10.6 Å². The predicted octanol–water partition coefficient (Wildman–Crippen LogP) is 1.82.